The van der Waals surface area contributed by atoms with Crippen molar-refractivity contribution >= 4 is 23.5 Å². The lowest BCUT2D eigenvalue weighted by molar-refractivity contribution is -0.120. The monoisotopic (exact) mass is 597 g/mol. The molecule has 1 fully saturated rings. The van der Waals surface area contributed by atoms with Gasteiger partial charge in [-0.15, -0.1) is 0 Å². The molecule has 0 saturated carbocycles. The van der Waals surface area contributed by atoms with E-state index in [0.717, 1.165) is 63.1 Å². The minimum Gasteiger partial charge on any atom is -0.378 e. The second-order valence-corrected chi connectivity index (χ2v) is 11.1. The number of nitrogens with zero attached hydrogens (tertiary/aromatic N) is 1. The van der Waals surface area contributed by atoms with Crippen LogP contribution in [0.3, 0.4) is 0 Å². The van der Waals surface area contributed by atoms with E-state index in [9.17, 15) is 23.2 Å². The first-order valence-corrected chi connectivity index (χ1v) is 14.9. The van der Waals surface area contributed by atoms with Gasteiger partial charge < -0.3 is 30.9 Å². The highest BCUT2D eigenvalue weighted by atomic mass is 19.2. The third-order valence-corrected chi connectivity index (χ3v) is 7.87. The molecule has 0 spiro atoms. The van der Waals surface area contributed by atoms with E-state index >= 15 is 0 Å². The van der Waals surface area contributed by atoms with Gasteiger partial charge in [0, 0.05) is 31.5 Å². The molecule has 2 aliphatic rings. The normalized spacial score (nSPS) is 17.8. The summed E-state index contributed by atoms with van der Waals surface area (Å²) in [6.07, 6.45) is 4.12. The number of ether oxygens (including phenoxy) is 1. The average Bonchev–Trinajstić information content (AvgIpc) is 2.98. The lowest BCUT2D eigenvalue weighted by atomic mass is 9.89. The van der Waals surface area contributed by atoms with E-state index in [2.05, 4.69) is 38.3 Å². The highest BCUT2D eigenvalue weighted by Crippen LogP contribution is 2.31. The molecule has 0 aliphatic carbocycles. The molecule has 4 amide bonds. The van der Waals surface area contributed by atoms with Crippen LogP contribution in [0, 0.1) is 11.6 Å². The van der Waals surface area contributed by atoms with Crippen LogP contribution >= 0.6 is 0 Å². The lowest BCUT2D eigenvalue weighted by Crippen LogP contribution is -2.46. The van der Waals surface area contributed by atoms with Gasteiger partial charge in [0.2, 0.25) is 11.8 Å². The standard InChI is InChI=1S/C32H41F2N5O4/c1-3-6-29(40)36-24-8-4-7-22(17-24)21-11-15-39(16-12-21)14-5-13-35-30(41)19-25-28(20-43-2)37-32(42)38-31(25)23-9-10-26(33)27(34)18-23/h4,7-10,17-18,21,31H,3,5-6,11-16,19-20H2,1-2H3,(H,35,41)(H,36,40)(H2,37,38,42)/t31-/m1/s1. The Morgan fingerprint density at radius 1 is 1.05 bits per heavy atom. The zero-order valence-corrected chi connectivity index (χ0v) is 24.8. The smallest absolute Gasteiger partial charge is 0.319 e. The summed E-state index contributed by atoms with van der Waals surface area (Å²) < 4.78 is 32.7. The van der Waals surface area contributed by atoms with Gasteiger partial charge in [0.1, 0.15) is 0 Å². The van der Waals surface area contributed by atoms with E-state index in [1.165, 1.54) is 18.7 Å². The second kappa shape index (κ2) is 15.6. The Morgan fingerprint density at radius 3 is 2.56 bits per heavy atom. The third kappa shape index (κ3) is 9.08. The predicted molar refractivity (Wildman–Crippen MR) is 160 cm³/mol. The lowest BCUT2D eigenvalue weighted by Gasteiger charge is -2.32. The summed E-state index contributed by atoms with van der Waals surface area (Å²) in [6.45, 7) is 5.30. The van der Waals surface area contributed by atoms with Crippen LogP contribution in [0.1, 0.15) is 68.5 Å². The van der Waals surface area contributed by atoms with Gasteiger partial charge in [-0.1, -0.05) is 25.1 Å². The number of anilines is 1. The van der Waals surface area contributed by atoms with Crippen molar-refractivity contribution in [1.82, 2.24) is 20.9 Å². The zero-order chi connectivity index (χ0) is 30.8. The van der Waals surface area contributed by atoms with Gasteiger partial charge in [-0.3, -0.25) is 9.59 Å². The summed E-state index contributed by atoms with van der Waals surface area (Å²) in [6, 6.07) is 10.2. The molecule has 9 nitrogen and oxygen atoms in total. The Hall–Kier alpha value is -3.83. The van der Waals surface area contributed by atoms with Crippen molar-refractivity contribution in [2.45, 2.75) is 57.4 Å². The highest BCUT2D eigenvalue weighted by molar-refractivity contribution is 5.90. The number of likely N-dealkylation sites (tertiary alicyclic amines) is 1. The minimum absolute atomic E-state index is 0.0407. The first-order valence-electron chi connectivity index (χ1n) is 14.9. The van der Waals surface area contributed by atoms with Crippen LogP contribution in [0.15, 0.2) is 53.7 Å². The second-order valence-electron chi connectivity index (χ2n) is 11.1. The van der Waals surface area contributed by atoms with E-state index in [-0.39, 0.29) is 24.8 Å². The molecule has 0 bridgehead atoms. The molecular weight excluding hydrogens is 556 g/mol. The van der Waals surface area contributed by atoms with Crippen LogP contribution < -0.4 is 21.3 Å². The maximum atomic E-state index is 14.0. The maximum Gasteiger partial charge on any atom is 0.319 e. The number of carbonyl (C=O) groups excluding carboxylic acids is 3. The Labute approximate surface area is 251 Å². The molecule has 43 heavy (non-hydrogen) atoms. The fourth-order valence-corrected chi connectivity index (χ4v) is 5.68. The van der Waals surface area contributed by atoms with Crippen LogP contribution in [-0.2, 0) is 14.3 Å². The summed E-state index contributed by atoms with van der Waals surface area (Å²) in [7, 11) is 1.47. The Balaban J connectivity index is 1.25. The maximum absolute atomic E-state index is 14.0. The topological polar surface area (TPSA) is 112 Å². The first-order chi connectivity index (χ1) is 20.8. The largest absolute Gasteiger partial charge is 0.378 e. The Morgan fingerprint density at radius 2 is 1.84 bits per heavy atom. The molecule has 1 atom stereocenters. The molecule has 0 aromatic heterocycles. The van der Waals surface area contributed by atoms with Gasteiger partial charge in [-0.25, -0.2) is 13.6 Å². The molecule has 232 valence electrons. The zero-order valence-electron chi connectivity index (χ0n) is 24.8. The molecule has 2 aromatic carbocycles. The van der Waals surface area contributed by atoms with E-state index in [1.54, 1.807) is 0 Å². The van der Waals surface area contributed by atoms with E-state index < -0.39 is 23.7 Å². The van der Waals surface area contributed by atoms with Crippen molar-refractivity contribution in [3.8, 4) is 0 Å². The number of halogens is 2. The molecular formula is C32H41F2N5O4. The Bertz CT molecular complexity index is 1330. The molecule has 2 aliphatic heterocycles. The summed E-state index contributed by atoms with van der Waals surface area (Å²) in [5.74, 6) is -1.77. The summed E-state index contributed by atoms with van der Waals surface area (Å²) in [5, 5.41) is 11.3. The van der Waals surface area contributed by atoms with Gasteiger partial charge >= 0.3 is 6.03 Å². The minimum atomic E-state index is -1.03. The molecule has 1 saturated heterocycles. The number of methoxy groups -OCH3 is 1. The number of hydrogen-bond donors (Lipinski definition) is 4. The molecule has 11 heteroatoms. The number of carbonyl (C=O) groups is 3. The van der Waals surface area contributed by atoms with Gasteiger partial charge in [-0.2, -0.15) is 0 Å². The molecule has 4 N–H and O–H groups in total. The van der Waals surface area contributed by atoms with Crippen molar-refractivity contribution in [2.24, 2.45) is 0 Å². The molecule has 2 heterocycles. The van der Waals surface area contributed by atoms with Crippen molar-refractivity contribution in [2.75, 3.05) is 45.2 Å². The summed E-state index contributed by atoms with van der Waals surface area (Å²) in [4.78, 5) is 39.5. The van der Waals surface area contributed by atoms with Crippen molar-refractivity contribution < 1.29 is 27.9 Å². The van der Waals surface area contributed by atoms with Crippen LogP contribution in [0.25, 0.3) is 0 Å². The van der Waals surface area contributed by atoms with Gasteiger partial charge in [0.25, 0.3) is 0 Å². The molecule has 2 aromatic rings. The van der Waals surface area contributed by atoms with Crippen LogP contribution in [0.2, 0.25) is 0 Å². The summed E-state index contributed by atoms with van der Waals surface area (Å²) in [5.41, 5.74) is 3.38. The van der Waals surface area contributed by atoms with E-state index in [4.69, 9.17) is 4.74 Å². The molecule has 0 radical (unpaired) electrons. The average molecular weight is 598 g/mol. The van der Waals surface area contributed by atoms with Crippen molar-refractivity contribution in [1.29, 1.82) is 0 Å². The summed E-state index contributed by atoms with van der Waals surface area (Å²) >= 11 is 0. The van der Waals surface area contributed by atoms with Gasteiger partial charge in [-0.05, 0) is 92.2 Å². The highest BCUT2D eigenvalue weighted by Gasteiger charge is 2.30. The predicted octanol–water partition coefficient (Wildman–Crippen LogP) is 4.73. The van der Waals surface area contributed by atoms with E-state index in [1.807, 2.05) is 19.1 Å². The van der Waals surface area contributed by atoms with Gasteiger partial charge in [0.05, 0.1) is 19.1 Å². The SMILES string of the molecule is CCCC(=O)Nc1cccc(C2CCN(CCCNC(=O)CC3=C(COC)NC(=O)N[C@@H]3c3ccc(F)c(F)c3)CC2)c1. The fraction of sp³-hybridized carbons (Fsp3) is 0.469. The number of amides is 4. The van der Waals surface area contributed by atoms with Crippen molar-refractivity contribution in [3.05, 3.63) is 76.5 Å². The van der Waals surface area contributed by atoms with Gasteiger partial charge in [0.15, 0.2) is 11.6 Å². The number of benzene rings is 2. The number of piperidine rings is 1. The van der Waals surface area contributed by atoms with Crippen LogP contribution in [-0.4, -0.2) is 62.6 Å². The van der Waals surface area contributed by atoms with E-state index in [0.29, 0.717) is 35.7 Å². The first kappa shape index (κ1) is 32.1. The number of nitrogens with one attached hydrogen (secondary N) is 4. The molecule has 4 rings (SSSR count). The molecule has 0 unspecified atom stereocenters. The number of rotatable bonds is 13. The number of hydrogen-bond acceptors (Lipinski definition) is 5. The quantitative estimate of drug-likeness (QED) is 0.250. The van der Waals surface area contributed by atoms with Crippen molar-refractivity contribution in [3.63, 3.8) is 0 Å². The van der Waals surface area contributed by atoms with Crippen LogP contribution in [0.4, 0.5) is 19.3 Å². The van der Waals surface area contributed by atoms with Crippen LogP contribution in [0.5, 0.6) is 0 Å². The number of urea groups is 1. The third-order valence-electron chi connectivity index (χ3n) is 7.87. The fourth-order valence-electron chi connectivity index (χ4n) is 5.68. The Kier molecular flexibility index (Phi) is 11.6.